The molecule has 2 aliphatic rings. The van der Waals surface area contributed by atoms with Crippen molar-refractivity contribution < 1.29 is 14.6 Å². The van der Waals surface area contributed by atoms with Crippen LogP contribution in [0.4, 0.5) is 0 Å². The molecule has 1 N–H and O–H groups in total. The van der Waals surface area contributed by atoms with Gasteiger partial charge >= 0.3 is 0 Å². The highest BCUT2D eigenvalue weighted by Crippen LogP contribution is 2.42. The van der Waals surface area contributed by atoms with Gasteiger partial charge in [-0.1, -0.05) is 6.92 Å². The normalized spacial score (nSPS) is 41.0. The highest BCUT2D eigenvalue weighted by atomic mass is 16.5. The fourth-order valence-corrected chi connectivity index (χ4v) is 3.85. The Balaban J connectivity index is 2.02. The van der Waals surface area contributed by atoms with Crippen molar-refractivity contribution in [3.8, 4) is 0 Å². The van der Waals surface area contributed by atoms with Crippen LogP contribution in [-0.4, -0.2) is 60.2 Å². The summed E-state index contributed by atoms with van der Waals surface area (Å²) in [6.45, 7) is 13.3. The van der Waals surface area contributed by atoms with Gasteiger partial charge in [0.1, 0.15) is 0 Å². The lowest BCUT2D eigenvalue weighted by Crippen LogP contribution is -2.49. The van der Waals surface area contributed by atoms with Crippen molar-refractivity contribution in [1.29, 1.82) is 0 Å². The molecule has 0 radical (unpaired) electrons. The number of rotatable bonds is 3. The van der Waals surface area contributed by atoms with Gasteiger partial charge in [0.15, 0.2) is 0 Å². The van der Waals surface area contributed by atoms with E-state index in [9.17, 15) is 5.11 Å². The number of methoxy groups -OCH3 is 1. The second-order valence-electron chi connectivity index (χ2n) is 7.66. The molecule has 118 valence electrons. The van der Waals surface area contributed by atoms with E-state index in [1.165, 1.54) is 0 Å². The average molecular weight is 285 g/mol. The zero-order valence-electron chi connectivity index (χ0n) is 13.8. The molecule has 0 aromatic heterocycles. The van der Waals surface area contributed by atoms with E-state index in [0.29, 0.717) is 12.0 Å². The highest BCUT2D eigenvalue weighted by molar-refractivity contribution is 5.02. The summed E-state index contributed by atoms with van der Waals surface area (Å²) in [5, 5.41) is 10.6. The first kappa shape index (κ1) is 16.2. The summed E-state index contributed by atoms with van der Waals surface area (Å²) in [5.74, 6) is 0.758. The first-order valence-corrected chi connectivity index (χ1v) is 7.81. The van der Waals surface area contributed by atoms with Crippen LogP contribution in [-0.2, 0) is 9.47 Å². The SMILES string of the molecule is COC1CN(CC2C(O)C(C)(C)OC2(C)C)CCC1C. The number of hydrogen-bond donors (Lipinski definition) is 1. The van der Waals surface area contributed by atoms with E-state index in [1.54, 1.807) is 7.11 Å². The Kier molecular flexibility index (Phi) is 4.51. The number of likely N-dealkylation sites (tertiary alicyclic amines) is 1. The van der Waals surface area contributed by atoms with E-state index in [4.69, 9.17) is 9.47 Å². The van der Waals surface area contributed by atoms with Crippen molar-refractivity contribution in [3.05, 3.63) is 0 Å². The van der Waals surface area contributed by atoms with Crippen LogP contribution in [0.2, 0.25) is 0 Å². The quantitative estimate of drug-likeness (QED) is 0.860. The minimum Gasteiger partial charge on any atom is -0.390 e. The van der Waals surface area contributed by atoms with Gasteiger partial charge in [0.25, 0.3) is 0 Å². The van der Waals surface area contributed by atoms with Crippen molar-refractivity contribution in [2.75, 3.05) is 26.7 Å². The molecular formula is C16H31NO3. The molecule has 2 aliphatic heterocycles. The van der Waals surface area contributed by atoms with Crippen LogP contribution >= 0.6 is 0 Å². The summed E-state index contributed by atoms with van der Waals surface area (Å²) in [7, 11) is 1.80. The highest BCUT2D eigenvalue weighted by Gasteiger charge is 2.53. The van der Waals surface area contributed by atoms with Gasteiger partial charge in [0.05, 0.1) is 23.4 Å². The second-order valence-corrected chi connectivity index (χ2v) is 7.66. The topological polar surface area (TPSA) is 41.9 Å². The van der Waals surface area contributed by atoms with Crippen LogP contribution in [0.3, 0.4) is 0 Å². The summed E-state index contributed by atoms with van der Waals surface area (Å²) in [5.41, 5.74) is -0.744. The molecule has 0 amide bonds. The Bertz CT molecular complexity index is 343. The summed E-state index contributed by atoms with van der Waals surface area (Å²) in [6, 6.07) is 0. The number of aliphatic hydroxyl groups excluding tert-OH is 1. The molecule has 2 saturated heterocycles. The van der Waals surface area contributed by atoms with E-state index >= 15 is 0 Å². The molecule has 0 bridgehead atoms. The molecule has 20 heavy (non-hydrogen) atoms. The van der Waals surface area contributed by atoms with Gasteiger partial charge < -0.3 is 19.5 Å². The molecule has 4 atom stereocenters. The standard InChI is InChI=1S/C16H31NO3/c1-11-7-8-17(10-13(11)19-6)9-12-14(18)16(4,5)20-15(12,2)3/h11-14,18H,7-10H2,1-6H3. The van der Waals surface area contributed by atoms with Crippen molar-refractivity contribution in [1.82, 2.24) is 4.90 Å². The van der Waals surface area contributed by atoms with E-state index in [-0.39, 0.29) is 11.5 Å². The van der Waals surface area contributed by atoms with E-state index in [0.717, 1.165) is 26.1 Å². The molecule has 0 aromatic carbocycles. The van der Waals surface area contributed by atoms with Gasteiger partial charge in [-0.2, -0.15) is 0 Å². The summed E-state index contributed by atoms with van der Waals surface area (Å²) in [4.78, 5) is 2.43. The Morgan fingerprint density at radius 1 is 1.25 bits per heavy atom. The lowest BCUT2D eigenvalue weighted by Gasteiger charge is -2.39. The zero-order chi connectivity index (χ0) is 15.1. The van der Waals surface area contributed by atoms with E-state index < -0.39 is 11.7 Å². The Morgan fingerprint density at radius 2 is 1.90 bits per heavy atom. The average Bonchev–Trinajstić information content (AvgIpc) is 2.49. The third-order valence-corrected chi connectivity index (χ3v) is 5.24. The van der Waals surface area contributed by atoms with Gasteiger partial charge in [-0.15, -0.1) is 0 Å². The molecule has 0 spiro atoms. The van der Waals surface area contributed by atoms with E-state index in [1.807, 2.05) is 13.8 Å². The van der Waals surface area contributed by atoms with Crippen LogP contribution in [0, 0.1) is 11.8 Å². The Labute approximate surface area is 123 Å². The Morgan fingerprint density at radius 3 is 2.40 bits per heavy atom. The molecule has 4 heteroatoms. The summed E-state index contributed by atoms with van der Waals surface area (Å²) >= 11 is 0. The molecule has 0 aliphatic carbocycles. The third kappa shape index (κ3) is 3.03. The monoisotopic (exact) mass is 285 g/mol. The first-order valence-electron chi connectivity index (χ1n) is 7.81. The van der Waals surface area contributed by atoms with Crippen LogP contribution in [0.25, 0.3) is 0 Å². The maximum atomic E-state index is 10.6. The zero-order valence-corrected chi connectivity index (χ0v) is 13.8. The fraction of sp³-hybridized carbons (Fsp3) is 1.00. The molecule has 2 heterocycles. The molecule has 2 fully saturated rings. The molecule has 0 aromatic rings. The van der Waals surface area contributed by atoms with Gasteiger partial charge in [-0.25, -0.2) is 0 Å². The minimum absolute atomic E-state index is 0.142. The number of ether oxygens (including phenoxy) is 2. The van der Waals surface area contributed by atoms with Crippen molar-refractivity contribution >= 4 is 0 Å². The lowest BCUT2D eigenvalue weighted by molar-refractivity contribution is -0.0920. The second kappa shape index (κ2) is 5.56. The van der Waals surface area contributed by atoms with Gasteiger partial charge in [0.2, 0.25) is 0 Å². The van der Waals surface area contributed by atoms with Gasteiger partial charge in [-0.05, 0) is 46.6 Å². The molecule has 4 nitrogen and oxygen atoms in total. The number of piperidine rings is 1. The molecule has 2 rings (SSSR count). The summed E-state index contributed by atoms with van der Waals surface area (Å²) < 4.78 is 11.7. The smallest absolute Gasteiger partial charge is 0.0896 e. The predicted octanol–water partition coefficient (Wildman–Crippen LogP) is 1.91. The Hall–Kier alpha value is -0.160. The minimum atomic E-state index is -0.460. The number of hydrogen-bond acceptors (Lipinski definition) is 4. The molecular weight excluding hydrogens is 254 g/mol. The van der Waals surface area contributed by atoms with Crippen molar-refractivity contribution in [2.45, 2.75) is 64.4 Å². The molecule has 0 saturated carbocycles. The predicted molar refractivity (Wildman–Crippen MR) is 79.8 cm³/mol. The largest absolute Gasteiger partial charge is 0.390 e. The molecule has 4 unspecified atom stereocenters. The van der Waals surface area contributed by atoms with Crippen molar-refractivity contribution in [2.24, 2.45) is 11.8 Å². The van der Waals surface area contributed by atoms with Crippen LogP contribution < -0.4 is 0 Å². The van der Waals surface area contributed by atoms with E-state index in [2.05, 4.69) is 25.7 Å². The first-order chi connectivity index (χ1) is 9.17. The van der Waals surface area contributed by atoms with Crippen LogP contribution in [0.5, 0.6) is 0 Å². The van der Waals surface area contributed by atoms with Crippen molar-refractivity contribution in [3.63, 3.8) is 0 Å². The fourth-order valence-electron chi connectivity index (χ4n) is 3.85. The number of nitrogens with zero attached hydrogens (tertiary/aromatic N) is 1. The van der Waals surface area contributed by atoms with Gasteiger partial charge in [-0.3, -0.25) is 0 Å². The van der Waals surface area contributed by atoms with Crippen LogP contribution in [0.15, 0.2) is 0 Å². The maximum absolute atomic E-state index is 10.6. The van der Waals surface area contributed by atoms with Crippen LogP contribution in [0.1, 0.15) is 41.0 Å². The summed E-state index contributed by atoms with van der Waals surface area (Å²) in [6.07, 6.45) is 1.05. The van der Waals surface area contributed by atoms with Gasteiger partial charge in [0, 0.05) is 26.1 Å². The third-order valence-electron chi connectivity index (χ3n) is 5.24. The lowest BCUT2D eigenvalue weighted by atomic mass is 9.83. The maximum Gasteiger partial charge on any atom is 0.0896 e. The number of aliphatic hydroxyl groups is 1.